The van der Waals surface area contributed by atoms with Crippen molar-refractivity contribution in [1.29, 1.82) is 0 Å². The van der Waals surface area contributed by atoms with Crippen molar-refractivity contribution < 1.29 is 13.6 Å². The van der Waals surface area contributed by atoms with Gasteiger partial charge >= 0.3 is 5.91 Å². The molecule has 0 saturated carbocycles. The molecular weight excluding hydrogens is 234 g/mol. The van der Waals surface area contributed by atoms with Gasteiger partial charge in [0.1, 0.15) is 5.76 Å². The Bertz CT molecular complexity index is 541. The van der Waals surface area contributed by atoms with Crippen molar-refractivity contribution in [3.63, 3.8) is 0 Å². The molecule has 0 spiro atoms. The number of rotatable bonds is 4. The number of amides is 1. The number of hydrazone groups is 1. The molecule has 0 unspecified atom stereocenters. The molecule has 0 saturated heterocycles. The minimum atomic E-state index is -0.407. The highest BCUT2D eigenvalue weighted by Crippen LogP contribution is 2.13. The zero-order valence-electron chi connectivity index (χ0n) is 10.1. The molecule has 0 aliphatic heterocycles. The molecule has 2 aromatic rings. The van der Waals surface area contributed by atoms with Gasteiger partial charge in [0.05, 0.1) is 12.5 Å². The van der Waals surface area contributed by atoms with Crippen LogP contribution in [-0.2, 0) is 0 Å². The van der Waals surface area contributed by atoms with Crippen molar-refractivity contribution in [2.75, 3.05) is 19.0 Å². The summed E-state index contributed by atoms with van der Waals surface area (Å²) in [5.74, 6) is 1.07. The largest absolute Gasteiger partial charge is 0.459 e. The van der Waals surface area contributed by atoms with Crippen LogP contribution in [-0.4, -0.2) is 26.2 Å². The number of carbonyl (C=O) groups is 1. The number of hydrogen-bond acceptors (Lipinski definition) is 5. The summed E-state index contributed by atoms with van der Waals surface area (Å²) < 4.78 is 10.3. The first-order valence-electron chi connectivity index (χ1n) is 5.31. The monoisotopic (exact) mass is 247 g/mol. The predicted molar refractivity (Wildman–Crippen MR) is 66.8 cm³/mol. The molecule has 6 heteroatoms. The van der Waals surface area contributed by atoms with Crippen molar-refractivity contribution >= 4 is 18.0 Å². The van der Waals surface area contributed by atoms with Crippen LogP contribution in [0.2, 0.25) is 0 Å². The maximum atomic E-state index is 11.5. The molecule has 1 N–H and O–H groups in total. The number of carbonyl (C=O) groups excluding carboxylic acids is 1. The summed E-state index contributed by atoms with van der Waals surface area (Å²) in [6.07, 6.45) is 2.85. The SMILES string of the molecule is CN(C)c1ccc(C=NNC(=O)c2ccco2)o1. The average molecular weight is 247 g/mol. The third kappa shape index (κ3) is 2.79. The van der Waals surface area contributed by atoms with Gasteiger partial charge in [0.2, 0.25) is 0 Å². The molecule has 0 aliphatic carbocycles. The number of furan rings is 2. The zero-order chi connectivity index (χ0) is 13.0. The summed E-state index contributed by atoms with van der Waals surface area (Å²) in [5, 5.41) is 3.77. The van der Waals surface area contributed by atoms with Crippen LogP contribution in [0.25, 0.3) is 0 Å². The van der Waals surface area contributed by atoms with Gasteiger partial charge in [-0.1, -0.05) is 0 Å². The molecule has 0 aliphatic rings. The van der Waals surface area contributed by atoms with E-state index in [-0.39, 0.29) is 5.76 Å². The fourth-order valence-corrected chi connectivity index (χ4v) is 1.27. The summed E-state index contributed by atoms with van der Waals surface area (Å²) in [5.41, 5.74) is 2.34. The molecular formula is C12H13N3O3. The first-order chi connectivity index (χ1) is 8.66. The first-order valence-corrected chi connectivity index (χ1v) is 5.31. The van der Waals surface area contributed by atoms with Gasteiger partial charge in [0.25, 0.3) is 0 Å². The minimum absolute atomic E-state index is 0.209. The lowest BCUT2D eigenvalue weighted by atomic mass is 10.4. The Kier molecular flexibility index (Phi) is 3.47. The summed E-state index contributed by atoms with van der Waals surface area (Å²) in [6.45, 7) is 0. The molecule has 0 fully saturated rings. The van der Waals surface area contributed by atoms with Crippen molar-refractivity contribution in [1.82, 2.24) is 5.43 Å². The molecule has 1 amide bonds. The predicted octanol–water partition coefficient (Wildman–Crippen LogP) is 1.70. The molecule has 2 heterocycles. The van der Waals surface area contributed by atoms with Gasteiger partial charge in [0.15, 0.2) is 11.6 Å². The van der Waals surface area contributed by atoms with E-state index in [0.29, 0.717) is 11.6 Å². The number of nitrogens with zero attached hydrogens (tertiary/aromatic N) is 2. The van der Waals surface area contributed by atoms with Crippen LogP contribution >= 0.6 is 0 Å². The van der Waals surface area contributed by atoms with Crippen molar-refractivity contribution in [2.24, 2.45) is 5.10 Å². The van der Waals surface area contributed by atoms with E-state index in [0.717, 1.165) is 0 Å². The number of anilines is 1. The van der Waals surface area contributed by atoms with E-state index in [4.69, 9.17) is 8.83 Å². The molecule has 0 aromatic carbocycles. The van der Waals surface area contributed by atoms with Gasteiger partial charge < -0.3 is 13.7 Å². The Balaban J connectivity index is 1.93. The summed E-state index contributed by atoms with van der Waals surface area (Å²) in [6, 6.07) is 6.77. The van der Waals surface area contributed by atoms with Crippen molar-refractivity contribution in [2.45, 2.75) is 0 Å². The van der Waals surface area contributed by atoms with Gasteiger partial charge in [0, 0.05) is 20.2 Å². The normalized spacial score (nSPS) is 10.8. The van der Waals surface area contributed by atoms with Crippen LogP contribution in [0.15, 0.2) is 44.5 Å². The van der Waals surface area contributed by atoms with Crippen LogP contribution in [0.3, 0.4) is 0 Å². The third-order valence-electron chi connectivity index (χ3n) is 2.16. The highest BCUT2D eigenvalue weighted by Gasteiger charge is 2.06. The van der Waals surface area contributed by atoms with Crippen LogP contribution in [0, 0.1) is 0 Å². The fourth-order valence-electron chi connectivity index (χ4n) is 1.27. The summed E-state index contributed by atoms with van der Waals surface area (Å²) in [7, 11) is 3.75. The second-order valence-corrected chi connectivity index (χ2v) is 3.75. The van der Waals surface area contributed by atoms with E-state index < -0.39 is 5.91 Å². The summed E-state index contributed by atoms with van der Waals surface area (Å²) >= 11 is 0. The molecule has 6 nitrogen and oxygen atoms in total. The van der Waals surface area contributed by atoms with Gasteiger partial charge in [-0.15, -0.1) is 0 Å². The Hall–Kier alpha value is -2.50. The van der Waals surface area contributed by atoms with Crippen molar-refractivity contribution in [3.8, 4) is 0 Å². The molecule has 0 atom stereocenters. The maximum Gasteiger partial charge on any atom is 0.307 e. The zero-order valence-corrected chi connectivity index (χ0v) is 10.1. The van der Waals surface area contributed by atoms with Gasteiger partial charge in [-0.3, -0.25) is 4.79 Å². The van der Waals surface area contributed by atoms with E-state index in [1.807, 2.05) is 25.1 Å². The molecule has 0 radical (unpaired) electrons. The van der Waals surface area contributed by atoms with Crippen LogP contribution in [0.5, 0.6) is 0 Å². The smallest absolute Gasteiger partial charge is 0.307 e. The lowest BCUT2D eigenvalue weighted by Crippen LogP contribution is -2.16. The van der Waals surface area contributed by atoms with E-state index in [9.17, 15) is 4.79 Å². The minimum Gasteiger partial charge on any atom is -0.459 e. The first kappa shape index (κ1) is 12.0. The lowest BCUT2D eigenvalue weighted by molar-refractivity contribution is 0.0927. The molecule has 0 bridgehead atoms. The van der Waals surface area contributed by atoms with Gasteiger partial charge in [-0.25, -0.2) is 5.43 Å². The van der Waals surface area contributed by atoms with E-state index in [2.05, 4.69) is 10.5 Å². The standard InChI is InChI=1S/C12H13N3O3/c1-15(2)11-6-5-9(18-11)8-13-14-12(16)10-4-3-7-17-10/h3-8H,1-2H3,(H,14,16). The second kappa shape index (κ2) is 5.22. The van der Waals surface area contributed by atoms with Crippen LogP contribution in [0.4, 0.5) is 5.88 Å². The molecule has 18 heavy (non-hydrogen) atoms. The Morgan fingerprint density at radius 2 is 2.22 bits per heavy atom. The van der Waals surface area contributed by atoms with E-state index in [1.54, 1.807) is 18.2 Å². The average Bonchev–Trinajstić information content (AvgIpc) is 3.00. The molecule has 2 rings (SSSR count). The third-order valence-corrected chi connectivity index (χ3v) is 2.16. The van der Waals surface area contributed by atoms with Crippen molar-refractivity contribution in [3.05, 3.63) is 42.0 Å². The quantitative estimate of drug-likeness (QED) is 0.659. The number of hydrogen-bond donors (Lipinski definition) is 1. The molecule has 2 aromatic heterocycles. The Morgan fingerprint density at radius 1 is 1.39 bits per heavy atom. The lowest BCUT2D eigenvalue weighted by Gasteiger charge is -2.05. The highest BCUT2D eigenvalue weighted by molar-refractivity contribution is 5.92. The molecule has 94 valence electrons. The summed E-state index contributed by atoms with van der Waals surface area (Å²) in [4.78, 5) is 13.3. The number of nitrogens with one attached hydrogen (secondary N) is 1. The van der Waals surface area contributed by atoms with E-state index >= 15 is 0 Å². The second-order valence-electron chi connectivity index (χ2n) is 3.75. The van der Waals surface area contributed by atoms with Crippen LogP contribution < -0.4 is 10.3 Å². The topological polar surface area (TPSA) is 71.0 Å². The Labute approximate surface area is 104 Å². The van der Waals surface area contributed by atoms with Crippen LogP contribution in [0.1, 0.15) is 16.3 Å². The maximum absolute atomic E-state index is 11.5. The fraction of sp³-hybridized carbons (Fsp3) is 0.167. The highest BCUT2D eigenvalue weighted by atomic mass is 16.4. The van der Waals surface area contributed by atoms with Gasteiger partial charge in [-0.05, 0) is 18.2 Å². The van der Waals surface area contributed by atoms with Gasteiger partial charge in [-0.2, -0.15) is 5.10 Å². The Morgan fingerprint density at radius 3 is 2.83 bits per heavy atom. The van der Waals surface area contributed by atoms with E-state index in [1.165, 1.54) is 12.5 Å².